The molecule has 0 aliphatic heterocycles. The second-order valence-corrected chi connectivity index (χ2v) is 4.77. The molecule has 0 saturated carbocycles. The molecule has 0 fully saturated rings. The van der Waals surface area contributed by atoms with Crippen LogP contribution in [0.15, 0.2) is 58.3 Å². The van der Waals surface area contributed by atoms with Crippen molar-refractivity contribution in [3.05, 3.63) is 64.2 Å². The summed E-state index contributed by atoms with van der Waals surface area (Å²) < 4.78 is 0. The summed E-state index contributed by atoms with van der Waals surface area (Å²) in [5.41, 5.74) is -0.294. The van der Waals surface area contributed by atoms with E-state index in [0.29, 0.717) is 4.90 Å². The third-order valence-electron chi connectivity index (χ3n) is 2.38. The van der Waals surface area contributed by atoms with E-state index < -0.39 is 10.9 Å². The molecule has 2 rings (SSSR count). The summed E-state index contributed by atoms with van der Waals surface area (Å²) in [5.74, 6) is -1.18. The van der Waals surface area contributed by atoms with Gasteiger partial charge in [0.05, 0.1) is 10.5 Å². The van der Waals surface area contributed by atoms with Crippen LogP contribution >= 0.6 is 11.8 Å². The van der Waals surface area contributed by atoms with Crippen LogP contribution in [0.5, 0.6) is 0 Å². The number of non-ortho nitro benzene ring substituents is 1. The monoisotopic (exact) mass is 275 g/mol. The van der Waals surface area contributed by atoms with Gasteiger partial charge in [-0.2, -0.15) is 0 Å². The third-order valence-corrected chi connectivity index (χ3v) is 3.46. The molecule has 0 aliphatic carbocycles. The van der Waals surface area contributed by atoms with Gasteiger partial charge >= 0.3 is 5.97 Å². The highest BCUT2D eigenvalue weighted by Crippen LogP contribution is 2.32. The Morgan fingerprint density at radius 2 is 1.84 bits per heavy atom. The van der Waals surface area contributed by atoms with Crippen LogP contribution in [0.25, 0.3) is 0 Å². The molecule has 0 aliphatic rings. The molecule has 0 unspecified atom stereocenters. The standard InChI is InChI=1S/C13H9NO4S/c15-13(16)11-8-9(14(17)18)6-7-12(11)19-10-4-2-1-3-5-10/h1-8H,(H,15,16). The van der Waals surface area contributed by atoms with Crippen LogP contribution in [0.3, 0.4) is 0 Å². The fourth-order valence-corrected chi connectivity index (χ4v) is 2.44. The van der Waals surface area contributed by atoms with Crippen molar-refractivity contribution in [3.63, 3.8) is 0 Å². The number of carbonyl (C=O) groups is 1. The summed E-state index contributed by atoms with van der Waals surface area (Å²) in [4.78, 5) is 22.5. The molecular weight excluding hydrogens is 266 g/mol. The van der Waals surface area contributed by atoms with Gasteiger partial charge in [-0.1, -0.05) is 30.0 Å². The number of carboxylic acids is 1. The Balaban J connectivity index is 2.40. The van der Waals surface area contributed by atoms with E-state index in [1.165, 1.54) is 23.9 Å². The van der Waals surface area contributed by atoms with Crippen LogP contribution in [0.4, 0.5) is 5.69 Å². The van der Waals surface area contributed by atoms with Crippen molar-refractivity contribution in [2.45, 2.75) is 9.79 Å². The second-order valence-electron chi connectivity index (χ2n) is 3.66. The largest absolute Gasteiger partial charge is 0.478 e. The fourth-order valence-electron chi connectivity index (χ4n) is 1.50. The van der Waals surface area contributed by atoms with Crippen LogP contribution in [-0.2, 0) is 0 Å². The molecule has 0 atom stereocenters. The Kier molecular flexibility index (Phi) is 3.82. The molecule has 0 heterocycles. The zero-order chi connectivity index (χ0) is 13.8. The van der Waals surface area contributed by atoms with Gasteiger partial charge in [0.25, 0.3) is 5.69 Å². The van der Waals surface area contributed by atoms with Crippen LogP contribution in [0.2, 0.25) is 0 Å². The van der Waals surface area contributed by atoms with Crippen molar-refractivity contribution in [1.82, 2.24) is 0 Å². The normalized spacial score (nSPS) is 10.1. The fraction of sp³-hybridized carbons (Fsp3) is 0. The van der Waals surface area contributed by atoms with E-state index in [0.717, 1.165) is 11.0 Å². The molecule has 5 nitrogen and oxygen atoms in total. The maximum atomic E-state index is 11.2. The van der Waals surface area contributed by atoms with Gasteiger partial charge in [0.2, 0.25) is 0 Å². The van der Waals surface area contributed by atoms with Crippen molar-refractivity contribution in [2.75, 3.05) is 0 Å². The van der Waals surface area contributed by atoms with Gasteiger partial charge in [0, 0.05) is 21.9 Å². The third kappa shape index (κ3) is 3.11. The molecule has 0 saturated heterocycles. The average molecular weight is 275 g/mol. The van der Waals surface area contributed by atoms with E-state index in [1.807, 2.05) is 30.3 Å². The number of nitrogens with zero attached hydrogens (tertiary/aromatic N) is 1. The molecule has 1 N–H and O–H groups in total. The Morgan fingerprint density at radius 1 is 1.16 bits per heavy atom. The van der Waals surface area contributed by atoms with E-state index >= 15 is 0 Å². The predicted octanol–water partition coefficient (Wildman–Crippen LogP) is 3.44. The highest BCUT2D eigenvalue weighted by molar-refractivity contribution is 7.99. The number of carboxylic acid groups (broad SMARTS) is 1. The molecule has 19 heavy (non-hydrogen) atoms. The van der Waals surface area contributed by atoms with E-state index in [2.05, 4.69) is 0 Å². The summed E-state index contributed by atoms with van der Waals surface area (Å²) in [5, 5.41) is 19.8. The Morgan fingerprint density at radius 3 is 2.42 bits per heavy atom. The molecule has 2 aromatic rings. The first kappa shape index (κ1) is 13.1. The minimum Gasteiger partial charge on any atom is -0.478 e. The number of aromatic carboxylic acids is 1. The van der Waals surface area contributed by atoms with Crippen LogP contribution < -0.4 is 0 Å². The molecular formula is C13H9NO4S. The summed E-state index contributed by atoms with van der Waals surface area (Å²) >= 11 is 1.26. The average Bonchev–Trinajstić information content (AvgIpc) is 2.39. The van der Waals surface area contributed by atoms with Crippen molar-refractivity contribution in [3.8, 4) is 0 Å². The molecule has 96 valence electrons. The Hall–Kier alpha value is -2.34. The molecule has 0 aromatic heterocycles. The van der Waals surface area contributed by atoms with Crippen LogP contribution in [0.1, 0.15) is 10.4 Å². The topological polar surface area (TPSA) is 80.4 Å². The molecule has 2 aromatic carbocycles. The minimum atomic E-state index is -1.18. The van der Waals surface area contributed by atoms with E-state index in [9.17, 15) is 14.9 Å². The lowest BCUT2D eigenvalue weighted by atomic mass is 10.2. The molecule has 0 bridgehead atoms. The summed E-state index contributed by atoms with van der Waals surface area (Å²) in [6, 6.07) is 13.1. The number of nitro groups is 1. The molecule has 0 spiro atoms. The van der Waals surface area contributed by atoms with Gasteiger partial charge < -0.3 is 5.11 Å². The van der Waals surface area contributed by atoms with Crippen molar-refractivity contribution >= 4 is 23.4 Å². The van der Waals surface area contributed by atoms with Gasteiger partial charge in [-0.05, 0) is 18.2 Å². The van der Waals surface area contributed by atoms with Crippen LogP contribution in [-0.4, -0.2) is 16.0 Å². The van der Waals surface area contributed by atoms with Gasteiger partial charge in [0.15, 0.2) is 0 Å². The van der Waals surface area contributed by atoms with Gasteiger partial charge in [-0.15, -0.1) is 0 Å². The maximum Gasteiger partial charge on any atom is 0.337 e. The number of benzene rings is 2. The van der Waals surface area contributed by atoms with E-state index in [-0.39, 0.29) is 11.3 Å². The van der Waals surface area contributed by atoms with Crippen molar-refractivity contribution < 1.29 is 14.8 Å². The quantitative estimate of drug-likeness (QED) is 0.682. The number of nitro benzene ring substituents is 1. The highest BCUT2D eigenvalue weighted by atomic mass is 32.2. The lowest BCUT2D eigenvalue weighted by Crippen LogP contribution is -2.00. The SMILES string of the molecule is O=C(O)c1cc([N+](=O)[O-])ccc1Sc1ccccc1. The summed E-state index contributed by atoms with van der Waals surface area (Å²) in [6.07, 6.45) is 0. The second kappa shape index (κ2) is 5.53. The summed E-state index contributed by atoms with van der Waals surface area (Å²) in [6.45, 7) is 0. The number of hydrogen-bond donors (Lipinski definition) is 1. The lowest BCUT2D eigenvalue weighted by molar-refractivity contribution is -0.384. The predicted molar refractivity (Wildman–Crippen MR) is 70.6 cm³/mol. The number of hydrogen-bond acceptors (Lipinski definition) is 4. The smallest absolute Gasteiger partial charge is 0.337 e. The molecule has 0 amide bonds. The molecule has 0 radical (unpaired) electrons. The van der Waals surface area contributed by atoms with Gasteiger partial charge in [-0.25, -0.2) is 4.79 Å². The zero-order valence-corrected chi connectivity index (χ0v) is 10.5. The van der Waals surface area contributed by atoms with E-state index in [4.69, 9.17) is 5.11 Å². The van der Waals surface area contributed by atoms with Gasteiger partial charge in [-0.3, -0.25) is 10.1 Å². The van der Waals surface area contributed by atoms with E-state index in [1.54, 1.807) is 0 Å². The summed E-state index contributed by atoms with van der Waals surface area (Å²) in [7, 11) is 0. The number of rotatable bonds is 4. The zero-order valence-electron chi connectivity index (χ0n) is 9.65. The van der Waals surface area contributed by atoms with Crippen molar-refractivity contribution in [1.29, 1.82) is 0 Å². The Bertz CT molecular complexity index is 628. The highest BCUT2D eigenvalue weighted by Gasteiger charge is 2.16. The van der Waals surface area contributed by atoms with Gasteiger partial charge in [0.1, 0.15) is 0 Å². The minimum absolute atomic E-state index is 0.0666. The first-order chi connectivity index (χ1) is 9.08. The lowest BCUT2D eigenvalue weighted by Gasteiger charge is -2.05. The first-order valence-corrected chi connectivity index (χ1v) is 6.14. The maximum absolute atomic E-state index is 11.2. The Labute approximate surface area is 113 Å². The van der Waals surface area contributed by atoms with Crippen molar-refractivity contribution in [2.24, 2.45) is 0 Å². The van der Waals surface area contributed by atoms with Crippen LogP contribution in [0, 0.1) is 10.1 Å². The first-order valence-electron chi connectivity index (χ1n) is 5.32. The molecule has 6 heteroatoms.